The molecule has 1 aliphatic rings. The molecule has 75 heavy (non-hydrogen) atoms. The van der Waals surface area contributed by atoms with E-state index in [4.69, 9.17) is 23.7 Å². The molecule has 430 valence electrons. The molecule has 0 bridgehead atoms. The van der Waals surface area contributed by atoms with Crippen molar-refractivity contribution in [1.29, 1.82) is 0 Å². The molecule has 1 heterocycles. The quantitative estimate of drug-likeness (QED) is 0.0228. The first-order valence-corrected chi connectivity index (χ1v) is 29.9. The van der Waals surface area contributed by atoms with Crippen LogP contribution in [0.15, 0.2) is 72.9 Å². The van der Waals surface area contributed by atoms with Gasteiger partial charge >= 0.3 is 23.9 Å². The van der Waals surface area contributed by atoms with Crippen LogP contribution in [0.1, 0.15) is 252 Å². The van der Waals surface area contributed by atoms with E-state index in [0.29, 0.717) is 19.3 Å². The molecule has 1 aliphatic heterocycles. The number of hydrogen-bond acceptors (Lipinski definition) is 11. The number of ether oxygens (including phenoxy) is 5. The highest BCUT2D eigenvalue weighted by Gasteiger charge is 2.50. The van der Waals surface area contributed by atoms with Crippen molar-refractivity contribution in [2.75, 3.05) is 13.2 Å². The Hall–Kier alpha value is -3.84. The van der Waals surface area contributed by atoms with Crippen molar-refractivity contribution >= 4 is 23.9 Å². The summed E-state index contributed by atoms with van der Waals surface area (Å²) in [7, 11) is 0. The lowest BCUT2D eigenvalue weighted by Gasteiger charge is -2.40. The van der Waals surface area contributed by atoms with Crippen LogP contribution in [0.4, 0.5) is 0 Å². The highest BCUT2D eigenvalue weighted by atomic mass is 16.7. The van der Waals surface area contributed by atoms with Crippen LogP contribution in [0.25, 0.3) is 0 Å². The van der Waals surface area contributed by atoms with E-state index >= 15 is 0 Å². The molecule has 1 fully saturated rings. The number of carbonyl (C=O) groups excluding carboxylic acids is 3. The predicted octanol–water partition coefficient (Wildman–Crippen LogP) is 15.3. The van der Waals surface area contributed by atoms with Gasteiger partial charge in [-0.05, 0) is 89.9 Å². The van der Waals surface area contributed by atoms with Crippen molar-refractivity contribution in [3.8, 4) is 0 Å². The standard InChI is InChI=1S/C63H106O12/c1-4-7-10-13-16-19-22-25-27-28-30-32-34-37-40-43-46-49-55(64)71-52-54(73-56(65)50-47-44-41-38-36-33-29-26-23-20-17-14-11-8-5-2)53-72-63-61(59(68)58(67)60(75-63)62(69)70)74-57(66)51-48-45-42-39-35-31-24-21-18-15-12-9-6-3/h7,10,16-17,19-20,25-27,29-30,32,54,58-61,63,67-68H,4-6,8-9,11-15,18,21-24,28,31,33-53H2,1-3H3,(H,69,70)/b10-7-,19-16-,20-17-,27-25-,29-26-,32-30-. The number of aliphatic hydroxyl groups is 2. The van der Waals surface area contributed by atoms with Gasteiger partial charge in [0.1, 0.15) is 18.8 Å². The number of allylic oxidation sites excluding steroid dienone is 12. The average Bonchev–Trinajstić information content (AvgIpc) is 3.39. The van der Waals surface area contributed by atoms with Crippen molar-refractivity contribution in [3.05, 3.63) is 72.9 Å². The summed E-state index contributed by atoms with van der Waals surface area (Å²) in [5.41, 5.74) is 0. The van der Waals surface area contributed by atoms with E-state index in [2.05, 4.69) is 93.7 Å². The van der Waals surface area contributed by atoms with E-state index in [-0.39, 0.29) is 25.9 Å². The van der Waals surface area contributed by atoms with Crippen LogP contribution in [0.5, 0.6) is 0 Å². The Morgan fingerprint density at radius 3 is 1.31 bits per heavy atom. The van der Waals surface area contributed by atoms with Crippen LogP contribution in [0.2, 0.25) is 0 Å². The fourth-order valence-corrected chi connectivity index (χ4v) is 8.68. The Morgan fingerprint density at radius 2 is 0.840 bits per heavy atom. The SMILES string of the molecule is CC/C=C\C/C=C\C/C=C\C/C=C\CCCCCCC(=O)OCC(COC1OC(C(=O)O)C(O)C(O)C1OC(=O)CCCCCCCCCCCCCCC)OC(=O)CCCCCCC/C=C\C/C=C\CCCCC. The third kappa shape index (κ3) is 41.0. The van der Waals surface area contributed by atoms with Gasteiger partial charge in [-0.15, -0.1) is 0 Å². The monoisotopic (exact) mass is 1050 g/mol. The normalized spacial score (nSPS) is 18.7. The second-order valence-electron chi connectivity index (χ2n) is 20.3. The fourth-order valence-electron chi connectivity index (χ4n) is 8.68. The molecular formula is C63H106O12. The minimum absolute atomic E-state index is 0.0573. The van der Waals surface area contributed by atoms with Crippen molar-refractivity contribution in [2.24, 2.45) is 0 Å². The molecule has 12 heteroatoms. The van der Waals surface area contributed by atoms with Crippen molar-refractivity contribution in [2.45, 2.75) is 289 Å². The Morgan fingerprint density at radius 1 is 0.453 bits per heavy atom. The van der Waals surface area contributed by atoms with E-state index in [1.807, 2.05) is 0 Å². The summed E-state index contributed by atoms with van der Waals surface area (Å²) in [6, 6.07) is 0. The van der Waals surface area contributed by atoms with E-state index in [0.717, 1.165) is 122 Å². The maximum absolute atomic E-state index is 13.1. The van der Waals surface area contributed by atoms with Gasteiger partial charge in [-0.1, -0.05) is 216 Å². The third-order valence-electron chi connectivity index (χ3n) is 13.3. The van der Waals surface area contributed by atoms with Gasteiger partial charge in [0.05, 0.1) is 6.61 Å². The second kappa shape index (κ2) is 50.9. The minimum Gasteiger partial charge on any atom is -0.479 e. The van der Waals surface area contributed by atoms with E-state index in [9.17, 15) is 34.5 Å². The number of aliphatic hydroxyl groups excluding tert-OH is 2. The first-order valence-electron chi connectivity index (χ1n) is 29.9. The van der Waals surface area contributed by atoms with E-state index < -0.39 is 67.3 Å². The molecule has 1 rings (SSSR count). The lowest BCUT2D eigenvalue weighted by molar-refractivity contribution is -0.301. The van der Waals surface area contributed by atoms with Crippen molar-refractivity contribution < 1.29 is 58.2 Å². The van der Waals surface area contributed by atoms with Gasteiger partial charge in [-0.2, -0.15) is 0 Å². The summed E-state index contributed by atoms with van der Waals surface area (Å²) in [6.45, 7) is 5.82. The highest BCUT2D eigenvalue weighted by Crippen LogP contribution is 2.26. The summed E-state index contributed by atoms with van der Waals surface area (Å²) in [5, 5.41) is 31.5. The van der Waals surface area contributed by atoms with Crippen LogP contribution in [-0.2, 0) is 42.9 Å². The maximum Gasteiger partial charge on any atom is 0.335 e. The molecule has 6 atom stereocenters. The van der Waals surface area contributed by atoms with Gasteiger partial charge in [0, 0.05) is 19.3 Å². The number of hydrogen-bond donors (Lipinski definition) is 3. The summed E-state index contributed by atoms with van der Waals surface area (Å²) >= 11 is 0. The van der Waals surface area contributed by atoms with Gasteiger partial charge in [0.25, 0.3) is 0 Å². The third-order valence-corrected chi connectivity index (χ3v) is 13.3. The molecule has 1 saturated heterocycles. The van der Waals surface area contributed by atoms with Gasteiger partial charge in [-0.3, -0.25) is 14.4 Å². The first kappa shape index (κ1) is 69.2. The van der Waals surface area contributed by atoms with Crippen LogP contribution in [-0.4, -0.2) is 89.2 Å². The number of aliphatic carboxylic acids is 1. The molecule has 6 unspecified atom stereocenters. The first-order chi connectivity index (χ1) is 36.6. The van der Waals surface area contributed by atoms with Crippen LogP contribution >= 0.6 is 0 Å². The lowest BCUT2D eigenvalue weighted by atomic mass is 9.98. The largest absolute Gasteiger partial charge is 0.479 e. The number of esters is 3. The van der Waals surface area contributed by atoms with E-state index in [1.165, 1.54) is 70.6 Å². The topological polar surface area (TPSA) is 175 Å². The number of unbranched alkanes of at least 4 members (excludes halogenated alkanes) is 24. The molecule has 0 aromatic rings. The molecule has 0 saturated carbocycles. The van der Waals surface area contributed by atoms with Crippen molar-refractivity contribution in [3.63, 3.8) is 0 Å². The summed E-state index contributed by atoms with van der Waals surface area (Å²) in [4.78, 5) is 51.1. The fraction of sp³-hybridized carbons (Fsp3) is 0.746. The second-order valence-corrected chi connectivity index (χ2v) is 20.3. The molecule has 0 aromatic heterocycles. The van der Waals surface area contributed by atoms with Gasteiger partial charge in [-0.25, -0.2) is 4.79 Å². The molecule has 12 nitrogen and oxygen atoms in total. The Bertz CT molecular complexity index is 1580. The zero-order chi connectivity index (χ0) is 54.7. The Labute approximate surface area is 455 Å². The van der Waals surface area contributed by atoms with Crippen LogP contribution in [0.3, 0.4) is 0 Å². The molecule has 0 aliphatic carbocycles. The van der Waals surface area contributed by atoms with Crippen molar-refractivity contribution in [1.82, 2.24) is 0 Å². The number of carboxylic acids is 1. The zero-order valence-corrected chi connectivity index (χ0v) is 47.3. The highest BCUT2D eigenvalue weighted by molar-refractivity contribution is 5.74. The lowest BCUT2D eigenvalue weighted by Crippen LogP contribution is -2.61. The number of carboxylic acid groups (broad SMARTS) is 1. The minimum atomic E-state index is -1.91. The van der Waals surface area contributed by atoms with Crippen LogP contribution in [0, 0.1) is 0 Å². The summed E-state index contributed by atoms with van der Waals surface area (Å²) < 4.78 is 28.4. The molecule has 0 amide bonds. The summed E-state index contributed by atoms with van der Waals surface area (Å²) in [5.74, 6) is -3.16. The van der Waals surface area contributed by atoms with E-state index in [1.54, 1.807) is 0 Å². The molecule has 0 spiro atoms. The van der Waals surface area contributed by atoms with Gasteiger partial charge < -0.3 is 39.0 Å². The Kier molecular flexibility index (Phi) is 47.0. The van der Waals surface area contributed by atoms with Gasteiger partial charge in [0.2, 0.25) is 0 Å². The Balaban J connectivity index is 2.72. The smallest absolute Gasteiger partial charge is 0.335 e. The summed E-state index contributed by atoms with van der Waals surface area (Å²) in [6.07, 6.45) is 51.5. The molecule has 3 N–H and O–H groups in total. The average molecular weight is 1060 g/mol. The number of rotatable bonds is 50. The zero-order valence-electron chi connectivity index (χ0n) is 47.3. The predicted molar refractivity (Wildman–Crippen MR) is 303 cm³/mol. The molecule has 0 aromatic carbocycles. The van der Waals surface area contributed by atoms with Gasteiger partial charge in [0.15, 0.2) is 24.6 Å². The molecule has 0 radical (unpaired) electrons. The van der Waals surface area contributed by atoms with Crippen LogP contribution < -0.4 is 0 Å². The molecular weight excluding hydrogens is 949 g/mol. The maximum atomic E-state index is 13.1. The number of carbonyl (C=O) groups is 4.